The van der Waals surface area contributed by atoms with Gasteiger partial charge in [0.15, 0.2) is 11.9 Å². The van der Waals surface area contributed by atoms with Crippen molar-refractivity contribution >= 4 is 23.4 Å². The van der Waals surface area contributed by atoms with E-state index in [4.69, 9.17) is 16.7 Å². The zero-order chi connectivity index (χ0) is 13.2. The molecule has 2 N–H and O–H groups in total. The Morgan fingerprint density at radius 3 is 2.47 bits per heavy atom. The highest BCUT2D eigenvalue weighted by molar-refractivity contribution is 6.33. The SMILES string of the molecule is CC(Cl)C(=O)c1ccc(F)cc1C(O)C(=O)O. The summed E-state index contributed by atoms with van der Waals surface area (Å²) in [7, 11) is 0. The summed E-state index contributed by atoms with van der Waals surface area (Å²) < 4.78 is 13.0. The number of carboxylic acids is 1. The third-order valence-electron chi connectivity index (χ3n) is 2.17. The molecular weight excluding hydrogens is 251 g/mol. The van der Waals surface area contributed by atoms with E-state index in [0.29, 0.717) is 0 Å². The van der Waals surface area contributed by atoms with Crippen molar-refractivity contribution in [3.05, 3.63) is 35.1 Å². The second-order valence-electron chi connectivity index (χ2n) is 3.45. The van der Waals surface area contributed by atoms with E-state index in [9.17, 15) is 19.1 Å². The van der Waals surface area contributed by atoms with Crippen molar-refractivity contribution < 1.29 is 24.2 Å². The van der Waals surface area contributed by atoms with E-state index in [-0.39, 0.29) is 11.1 Å². The van der Waals surface area contributed by atoms with Crippen molar-refractivity contribution in [2.24, 2.45) is 0 Å². The average Bonchev–Trinajstić information content (AvgIpc) is 2.26. The van der Waals surface area contributed by atoms with Crippen molar-refractivity contribution in [1.82, 2.24) is 0 Å². The van der Waals surface area contributed by atoms with E-state index in [1.54, 1.807) is 0 Å². The van der Waals surface area contributed by atoms with Gasteiger partial charge in [0, 0.05) is 11.1 Å². The summed E-state index contributed by atoms with van der Waals surface area (Å²) in [6, 6.07) is 2.92. The van der Waals surface area contributed by atoms with Gasteiger partial charge in [0.25, 0.3) is 0 Å². The summed E-state index contributed by atoms with van der Waals surface area (Å²) in [5.74, 6) is -2.87. The number of benzene rings is 1. The lowest BCUT2D eigenvalue weighted by atomic mass is 9.97. The number of aliphatic hydroxyl groups is 1. The summed E-state index contributed by atoms with van der Waals surface area (Å²) >= 11 is 5.59. The molecule has 17 heavy (non-hydrogen) atoms. The third-order valence-corrected chi connectivity index (χ3v) is 2.37. The number of carbonyl (C=O) groups excluding carboxylic acids is 1. The minimum absolute atomic E-state index is 0.0937. The Labute approximate surface area is 102 Å². The maximum Gasteiger partial charge on any atom is 0.337 e. The highest BCUT2D eigenvalue weighted by atomic mass is 35.5. The van der Waals surface area contributed by atoms with Crippen LogP contribution >= 0.6 is 11.6 Å². The number of rotatable bonds is 4. The van der Waals surface area contributed by atoms with E-state index < -0.39 is 29.1 Å². The van der Waals surface area contributed by atoms with Gasteiger partial charge in [-0.3, -0.25) is 4.79 Å². The van der Waals surface area contributed by atoms with Crippen LogP contribution in [0, 0.1) is 5.82 Å². The van der Waals surface area contributed by atoms with Crippen LogP contribution in [0.1, 0.15) is 28.9 Å². The van der Waals surface area contributed by atoms with Crippen LogP contribution in [0.2, 0.25) is 0 Å². The third kappa shape index (κ3) is 3.01. The lowest BCUT2D eigenvalue weighted by molar-refractivity contribution is -0.146. The number of Topliss-reactive ketones (excluding diaryl/α,β-unsaturated/α-hetero) is 1. The molecule has 6 heteroatoms. The standard InChI is InChI=1S/C11H10ClFO4/c1-5(12)9(14)7-3-2-6(13)4-8(7)10(15)11(16)17/h2-5,10,15H,1H3,(H,16,17). The maximum atomic E-state index is 13.0. The van der Waals surface area contributed by atoms with Gasteiger partial charge in [-0.1, -0.05) is 0 Å². The molecule has 0 radical (unpaired) electrons. The van der Waals surface area contributed by atoms with Gasteiger partial charge in [-0.05, 0) is 25.1 Å². The molecule has 0 bridgehead atoms. The van der Waals surface area contributed by atoms with Crippen LogP contribution in [0.4, 0.5) is 4.39 Å². The van der Waals surface area contributed by atoms with Gasteiger partial charge in [0.05, 0.1) is 5.38 Å². The molecular formula is C11H10ClFO4. The van der Waals surface area contributed by atoms with E-state index in [1.165, 1.54) is 6.92 Å². The molecule has 0 aromatic heterocycles. The van der Waals surface area contributed by atoms with Gasteiger partial charge in [-0.25, -0.2) is 9.18 Å². The fourth-order valence-electron chi connectivity index (χ4n) is 1.33. The zero-order valence-electron chi connectivity index (χ0n) is 8.85. The van der Waals surface area contributed by atoms with Crippen molar-refractivity contribution in [1.29, 1.82) is 0 Å². The molecule has 1 rings (SSSR count). The first-order chi connectivity index (χ1) is 7.84. The Balaban J connectivity index is 3.31. The molecule has 92 valence electrons. The van der Waals surface area contributed by atoms with Gasteiger partial charge < -0.3 is 10.2 Å². The zero-order valence-corrected chi connectivity index (χ0v) is 9.61. The van der Waals surface area contributed by atoms with Gasteiger partial charge in [0.1, 0.15) is 5.82 Å². The van der Waals surface area contributed by atoms with E-state index in [0.717, 1.165) is 18.2 Å². The highest BCUT2D eigenvalue weighted by Gasteiger charge is 2.25. The number of alkyl halides is 1. The lowest BCUT2D eigenvalue weighted by Crippen LogP contribution is -2.19. The van der Waals surface area contributed by atoms with Crippen molar-refractivity contribution in [2.45, 2.75) is 18.4 Å². The summed E-state index contributed by atoms with van der Waals surface area (Å²) in [5, 5.41) is 17.1. The Morgan fingerprint density at radius 2 is 2.00 bits per heavy atom. The molecule has 0 aliphatic rings. The van der Waals surface area contributed by atoms with Crippen LogP contribution in [-0.4, -0.2) is 27.3 Å². The second kappa shape index (κ2) is 5.25. The minimum Gasteiger partial charge on any atom is -0.479 e. The summed E-state index contributed by atoms with van der Waals surface area (Å²) in [6.07, 6.45) is -1.96. The van der Waals surface area contributed by atoms with Gasteiger partial charge in [-0.2, -0.15) is 0 Å². The molecule has 0 heterocycles. The monoisotopic (exact) mass is 260 g/mol. The van der Waals surface area contributed by atoms with E-state index in [2.05, 4.69) is 0 Å². The summed E-state index contributed by atoms with van der Waals surface area (Å²) in [6.45, 7) is 1.41. The van der Waals surface area contributed by atoms with Crippen LogP contribution in [0.15, 0.2) is 18.2 Å². The average molecular weight is 261 g/mol. The number of carboxylic acid groups (broad SMARTS) is 1. The fraction of sp³-hybridized carbons (Fsp3) is 0.273. The summed E-state index contributed by atoms with van der Waals surface area (Å²) in [5.41, 5.74) is -0.390. The van der Waals surface area contributed by atoms with Crippen molar-refractivity contribution in [3.63, 3.8) is 0 Å². The number of aliphatic hydroxyl groups excluding tert-OH is 1. The predicted molar refractivity (Wildman–Crippen MR) is 58.6 cm³/mol. The normalized spacial score (nSPS) is 14.1. The number of hydrogen-bond donors (Lipinski definition) is 2. The molecule has 4 nitrogen and oxygen atoms in total. The number of ketones is 1. The maximum absolute atomic E-state index is 13.0. The van der Waals surface area contributed by atoms with Crippen LogP contribution in [0.5, 0.6) is 0 Å². The fourth-order valence-corrected chi connectivity index (χ4v) is 1.45. The number of halogens is 2. The highest BCUT2D eigenvalue weighted by Crippen LogP contribution is 2.22. The Hall–Kier alpha value is -1.46. The molecule has 2 atom stereocenters. The van der Waals surface area contributed by atoms with Crippen molar-refractivity contribution in [3.8, 4) is 0 Å². The molecule has 0 amide bonds. The van der Waals surface area contributed by atoms with Gasteiger partial charge >= 0.3 is 5.97 Å². The Morgan fingerprint density at radius 1 is 1.41 bits per heavy atom. The van der Waals surface area contributed by atoms with Crippen molar-refractivity contribution in [2.75, 3.05) is 0 Å². The molecule has 0 saturated heterocycles. The lowest BCUT2D eigenvalue weighted by Gasteiger charge is -2.12. The predicted octanol–water partition coefficient (Wildman–Crippen LogP) is 1.75. The van der Waals surface area contributed by atoms with Crippen LogP contribution in [-0.2, 0) is 4.79 Å². The first-order valence-electron chi connectivity index (χ1n) is 4.73. The first-order valence-corrected chi connectivity index (χ1v) is 5.17. The largest absolute Gasteiger partial charge is 0.479 e. The second-order valence-corrected chi connectivity index (χ2v) is 4.11. The van der Waals surface area contributed by atoms with E-state index >= 15 is 0 Å². The molecule has 1 aromatic rings. The Kier molecular flexibility index (Phi) is 4.20. The summed E-state index contributed by atoms with van der Waals surface area (Å²) in [4.78, 5) is 22.3. The van der Waals surface area contributed by atoms with E-state index in [1.807, 2.05) is 0 Å². The number of carbonyl (C=O) groups is 2. The Bertz CT molecular complexity index is 459. The first kappa shape index (κ1) is 13.6. The molecule has 0 spiro atoms. The smallest absolute Gasteiger partial charge is 0.337 e. The molecule has 1 aromatic carbocycles. The molecule has 2 unspecified atom stereocenters. The van der Waals surface area contributed by atoms with Crippen LogP contribution in [0.3, 0.4) is 0 Å². The molecule has 0 aliphatic heterocycles. The molecule has 0 aliphatic carbocycles. The number of aliphatic carboxylic acids is 1. The number of hydrogen-bond acceptors (Lipinski definition) is 3. The van der Waals surface area contributed by atoms with Crippen LogP contribution in [0.25, 0.3) is 0 Å². The van der Waals surface area contributed by atoms with Gasteiger partial charge in [-0.15, -0.1) is 11.6 Å². The topological polar surface area (TPSA) is 74.6 Å². The van der Waals surface area contributed by atoms with Crippen LogP contribution < -0.4 is 0 Å². The molecule has 0 saturated carbocycles. The minimum atomic E-state index is -1.96. The quantitative estimate of drug-likeness (QED) is 0.639. The molecule has 0 fully saturated rings. The van der Waals surface area contributed by atoms with Gasteiger partial charge in [0.2, 0.25) is 0 Å².